The maximum Gasteiger partial charge on any atom is 0.249 e. The Kier molecular flexibility index (Phi) is 5.78. The van der Waals surface area contributed by atoms with Gasteiger partial charge in [-0.15, -0.1) is 0 Å². The third-order valence-electron chi connectivity index (χ3n) is 3.43. The summed E-state index contributed by atoms with van der Waals surface area (Å²) in [4.78, 5) is 16.2. The molecule has 2 aromatic rings. The number of ether oxygens (including phenoxy) is 2. The molecule has 1 atom stereocenters. The molecule has 1 amide bonds. The van der Waals surface area contributed by atoms with Crippen molar-refractivity contribution < 1.29 is 18.8 Å². The topological polar surface area (TPSA) is 86.5 Å². The van der Waals surface area contributed by atoms with Crippen molar-refractivity contribution in [1.29, 1.82) is 0 Å². The summed E-state index contributed by atoms with van der Waals surface area (Å²) < 4.78 is 15.8. The lowest BCUT2D eigenvalue weighted by molar-refractivity contribution is -0.122. The zero-order valence-electron chi connectivity index (χ0n) is 14.6. The summed E-state index contributed by atoms with van der Waals surface area (Å²) in [6, 6.07) is 5.02. The SMILES string of the molecule is COc1ccc(-c2noc([C@H](C)NC(=O)CC(C)C)n2)cc1OC. The molecule has 0 saturated carbocycles. The minimum absolute atomic E-state index is 0.0385. The molecule has 0 aliphatic carbocycles. The fourth-order valence-corrected chi connectivity index (χ4v) is 2.24. The molecule has 0 aliphatic rings. The maximum atomic E-state index is 11.8. The standard InChI is InChI=1S/C17H23N3O4/c1-10(2)8-15(21)18-11(3)17-19-16(20-24-17)12-6-7-13(22-4)14(9-12)23-5/h6-7,9-11H,8H2,1-5H3,(H,18,21)/t11-/m0/s1. The van der Waals surface area contributed by atoms with Gasteiger partial charge >= 0.3 is 0 Å². The van der Waals surface area contributed by atoms with Gasteiger partial charge in [-0.25, -0.2) is 0 Å². The van der Waals surface area contributed by atoms with Gasteiger partial charge in [0.25, 0.3) is 0 Å². The van der Waals surface area contributed by atoms with Crippen molar-refractivity contribution in [2.45, 2.75) is 33.2 Å². The molecule has 0 saturated heterocycles. The number of nitrogens with zero attached hydrogens (tertiary/aromatic N) is 2. The highest BCUT2D eigenvalue weighted by atomic mass is 16.5. The second-order valence-electron chi connectivity index (χ2n) is 5.91. The van der Waals surface area contributed by atoms with Crippen LogP contribution in [0.25, 0.3) is 11.4 Å². The first-order valence-corrected chi connectivity index (χ1v) is 7.80. The number of hydrogen-bond donors (Lipinski definition) is 1. The van der Waals surface area contributed by atoms with Crippen LogP contribution in [0.1, 0.15) is 39.1 Å². The zero-order valence-corrected chi connectivity index (χ0v) is 14.6. The minimum atomic E-state index is -0.349. The van der Waals surface area contributed by atoms with Crippen LogP contribution in [0.3, 0.4) is 0 Å². The fraction of sp³-hybridized carbons (Fsp3) is 0.471. The Morgan fingerprint density at radius 3 is 2.54 bits per heavy atom. The van der Waals surface area contributed by atoms with Crippen molar-refractivity contribution in [3.8, 4) is 22.9 Å². The van der Waals surface area contributed by atoms with E-state index >= 15 is 0 Å². The van der Waals surface area contributed by atoms with Crippen LogP contribution in [0.4, 0.5) is 0 Å². The lowest BCUT2D eigenvalue weighted by atomic mass is 10.1. The molecule has 1 heterocycles. The second kappa shape index (κ2) is 7.81. The van der Waals surface area contributed by atoms with Gasteiger partial charge in [-0.3, -0.25) is 4.79 Å². The molecule has 1 aromatic carbocycles. The molecular formula is C17H23N3O4. The van der Waals surface area contributed by atoms with E-state index in [1.807, 2.05) is 26.8 Å². The van der Waals surface area contributed by atoms with E-state index in [1.165, 1.54) is 0 Å². The predicted octanol–water partition coefficient (Wildman–Crippen LogP) is 2.98. The van der Waals surface area contributed by atoms with Crippen molar-refractivity contribution in [1.82, 2.24) is 15.5 Å². The van der Waals surface area contributed by atoms with Gasteiger partial charge < -0.3 is 19.3 Å². The minimum Gasteiger partial charge on any atom is -0.493 e. The summed E-state index contributed by atoms with van der Waals surface area (Å²) >= 11 is 0. The molecule has 0 radical (unpaired) electrons. The van der Waals surface area contributed by atoms with E-state index in [4.69, 9.17) is 14.0 Å². The van der Waals surface area contributed by atoms with E-state index in [0.717, 1.165) is 5.56 Å². The van der Waals surface area contributed by atoms with Gasteiger partial charge in [0.2, 0.25) is 17.6 Å². The highest BCUT2D eigenvalue weighted by molar-refractivity contribution is 5.76. The number of carbonyl (C=O) groups is 1. The molecule has 0 fully saturated rings. The van der Waals surface area contributed by atoms with Crippen LogP contribution in [0.2, 0.25) is 0 Å². The van der Waals surface area contributed by atoms with E-state index in [2.05, 4.69) is 15.5 Å². The highest BCUT2D eigenvalue weighted by Crippen LogP contribution is 2.31. The second-order valence-corrected chi connectivity index (χ2v) is 5.91. The maximum absolute atomic E-state index is 11.8. The summed E-state index contributed by atoms with van der Waals surface area (Å²) in [6.45, 7) is 5.79. The van der Waals surface area contributed by atoms with E-state index in [-0.39, 0.29) is 11.9 Å². The Morgan fingerprint density at radius 2 is 1.92 bits per heavy atom. The average molecular weight is 333 g/mol. The summed E-state index contributed by atoms with van der Waals surface area (Å²) in [7, 11) is 3.14. The fourth-order valence-electron chi connectivity index (χ4n) is 2.24. The monoisotopic (exact) mass is 333 g/mol. The number of rotatable bonds is 7. The van der Waals surface area contributed by atoms with Crippen LogP contribution in [-0.2, 0) is 4.79 Å². The Balaban J connectivity index is 2.14. The first kappa shape index (κ1) is 17.8. The Bertz CT molecular complexity index is 697. The van der Waals surface area contributed by atoms with Gasteiger partial charge in [0.1, 0.15) is 6.04 Å². The number of aromatic nitrogens is 2. The summed E-state index contributed by atoms with van der Waals surface area (Å²) in [5.74, 6) is 2.25. The number of methoxy groups -OCH3 is 2. The van der Waals surface area contributed by atoms with Crippen molar-refractivity contribution in [2.24, 2.45) is 5.92 Å². The number of hydrogen-bond acceptors (Lipinski definition) is 6. The molecule has 130 valence electrons. The third kappa shape index (κ3) is 4.24. The molecule has 7 nitrogen and oxygen atoms in total. The number of benzene rings is 1. The van der Waals surface area contributed by atoms with Gasteiger partial charge in [0, 0.05) is 12.0 Å². The molecule has 2 rings (SSSR count). The number of carbonyl (C=O) groups excluding carboxylic acids is 1. The van der Waals surface area contributed by atoms with Crippen molar-refractivity contribution in [3.63, 3.8) is 0 Å². The van der Waals surface area contributed by atoms with Crippen molar-refractivity contribution in [3.05, 3.63) is 24.1 Å². The van der Waals surface area contributed by atoms with Crippen LogP contribution in [0.15, 0.2) is 22.7 Å². The molecule has 0 bridgehead atoms. The third-order valence-corrected chi connectivity index (χ3v) is 3.43. The molecule has 1 N–H and O–H groups in total. The zero-order chi connectivity index (χ0) is 17.7. The molecule has 0 aliphatic heterocycles. The summed E-state index contributed by atoms with van der Waals surface area (Å²) in [5, 5.41) is 6.83. The van der Waals surface area contributed by atoms with Crippen LogP contribution in [-0.4, -0.2) is 30.3 Å². The molecular weight excluding hydrogens is 310 g/mol. The lowest BCUT2D eigenvalue weighted by Crippen LogP contribution is -2.27. The normalized spacial score (nSPS) is 12.1. The van der Waals surface area contributed by atoms with Gasteiger partial charge in [-0.05, 0) is 31.0 Å². The average Bonchev–Trinajstić information content (AvgIpc) is 3.03. The summed E-state index contributed by atoms with van der Waals surface area (Å²) in [5.41, 5.74) is 0.739. The van der Waals surface area contributed by atoms with Gasteiger partial charge in [-0.1, -0.05) is 19.0 Å². The van der Waals surface area contributed by atoms with Gasteiger partial charge in [0.15, 0.2) is 11.5 Å². The predicted molar refractivity (Wildman–Crippen MR) is 88.9 cm³/mol. The molecule has 0 unspecified atom stereocenters. The smallest absolute Gasteiger partial charge is 0.249 e. The number of nitrogens with one attached hydrogen (secondary N) is 1. The molecule has 0 spiro atoms. The van der Waals surface area contributed by atoms with Crippen LogP contribution in [0.5, 0.6) is 11.5 Å². The van der Waals surface area contributed by atoms with E-state index < -0.39 is 0 Å². The van der Waals surface area contributed by atoms with Crippen molar-refractivity contribution in [2.75, 3.05) is 14.2 Å². The molecule has 24 heavy (non-hydrogen) atoms. The van der Waals surface area contributed by atoms with Crippen LogP contribution in [0, 0.1) is 5.92 Å². The summed E-state index contributed by atoms with van der Waals surface area (Å²) in [6.07, 6.45) is 0.459. The van der Waals surface area contributed by atoms with Gasteiger partial charge in [-0.2, -0.15) is 4.98 Å². The molecule has 1 aromatic heterocycles. The van der Waals surface area contributed by atoms with Crippen molar-refractivity contribution >= 4 is 5.91 Å². The Hall–Kier alpha value is -2.57. The van der Waals surface area contributed by atoms with Crippen LogP contribution < -0.4 is 14.8 Å². The number of amides is 1. The van der Waals surface area contributed by atoms with Gasteiger partial charge in [0.05, 0.1) is 14.2 Å². The first-order chi connectivity index (χ1) is 11.4. The quantitative estimate of drug-likeness (QED) is 0.838. The first-order valence-electron chi connectivity index (χ1n) is 7.80. The van der Waals surface area contributed by atoms with Crippen LogP contribution >= 0.6 is 0 Å². The Morgan fingerprint density at radius 1 is 1.21 bits per heavy atom. The Labute approximate surface area is 141 Å². The van der Waals surface area contributed by atoms with E-state index in [0.29, 0.717) is 35.6 Å². The largest absolute Gasteiger partial charge is 0.493 e. The van der Waals surface area contributed by atoms with E-state index in [9.17, 15) is 4.79 Å². The lowest BCUT2D eigenvalue weighted by Gasteiger charge is -2.10. The van der Waals surface area contributed by atoms with E-state index in [1.54, 1.807) is 26.4 Å². The molecule has 7 heteroatoms. The highest BCUT2D eigenvalue weighted by Gasteiger charge is 2.18.